The third-order valence-electron chi connectivity index (χ3n) is 2.96. The maximum absolute atomic E-state index is 12.3. The molecule has 0 bridgehead atoms. The average Bonchev–Trinajstić information content (AvgIpc) is 2.37. The molecule has 0 saturated carbocycles. The number of hydrogen-bond donors (Lipinski definition) is 2. The van der Waals surface area contributed by atoms with Gasteiger partial charge in [0.1, 0.15) is 0 Å². The fourth-order valence-electron chi connectivity index (χ4n) is 1.79. The number of likely N-dealkylation sites (N-methyl/N-ethyl adjacent to an activating group) is 1. The number of aliphatic hydroxyl groups excluding tert-OH is 1. The number of sulfonamides is 1. The third-order valence-corrected chi connectivity index (χ3v) is 4.77. The van der Waals surface area contributed by atoms with Crippen LogP contribution >= 0.6 is 0 Å². The first kappa shape index (κ1) is 16.1. The molecule has 0 radical (unpaired) electrons. The molecular formula is C13H22N2O3S. The van der Waals surface area contributed by atoms with E-state index in [9.17, 15) is 13.5 Å². The van der Waals surface area contributed by atoms with E-state index in [1.165, 1.54) is 7.05 Å². The molecule has 0 fully saturated rings. The number of nitrogens with two attached hydrogens (primary N) is 1. The zero-order valence-electron chi connectivity index (χ0n) is 11.6. The fourth-order valence-corrected chi connectivity index (χ4v) is 3.10. The van der Waals surface area contributed by atoms with Crippen molar-refractivity contribution in [2.45, 2.75) is 37.3 Å². The van der Waals surface area contributed by atoms with Crippen LogP contribution in [-0.4, -0.2) is 37.5 Å². The highest BCUT2D eigenvalue weighted by molar-refractivity contribution is 7.89. The topological polar surface area (TPSA) is 83.6 Å². The molecule has 0 amide bonds. The molecule has 0 aromatic heterocycles. The SMILES string of the molecule is CCC(N)c1cccc(S(=O)(=O)N(C)CC(C)O)c1. The molecule has 0 spiro atoms. The Hall–Kier alpha value is -0.950. The minimum Gasteiger partial charge on any atom is -0.392 e. The fraction of sp³-hybridized carbons (Fsp3) is 0.538. The summed E-state index contributed by atoms with van der Waals surface area (Å²) in [7, 11) is -2.13. The summed E-state index contributed by atoms with van der Waals surface area (Å²) in [5.74, 6) is 0. The predicted molar refractivity (Wildman–Crippen MR) is 75.2 cm³/mol. The van der Waals surface area contributed by atoms with Gasteiger partial charge in [-0.1, -0.05) is 19.1 Å². The molecule has 1 aromatic carbocycles. The van der Waals surface area contributed by atoms with E-state index in [1.807, 2.05) is 13.0 Å². The highest BCUT2D eigenvalue weighted by Crippen LogP contribution is 2.20. The van der Waals surface area contributed by atoms with Crippen molar-refractivity contribution in [1.82, 2.24) is 4.31 Å². The van der Waals surface area contributed by atoms with Crippen LogP contribution in [0.2, 0.25) is 0 Å². The lowest BCUT2D eigenvalue weighted by atomic mass is 10.1. The number of nitrogens with zero attached hydrogens (tertiary/aromatic N) is 1. The minimum atomic E-state index is -3.58. The standard InChI is InChI=1S/C13H22N2O3S/c1-4-13(14)11-6-5-7-12(8-11)19(17,18)15(3)9-10(2)16/h5-8,10,13,16H,4,9,14H2,1-3H3. The summed E-state index contributed by atoms with van der Waals surface area (Å²) in [5, 5.41) is 9.29. The molecule has 0 saturated heterocycles. The van der Waals surface area contributed by atoms with E-state index in [2.05, 4.69) is 0 Å². The van der Waals surface area contributed by atoms with Gasteiger partial charge in [-0.25, -0.2) is 8.42 Å². The van der Waals surface area contributed by atoms with Crippen LogP contribution in [-0.2, 0) is 10.0 Å². The van der Waals surface area contributed by atoms with Gasteiger partial charge in [-0.2, -0.15) is 4.31 Å². The van der Waals surface area contributed by atoms with Crippen LogP contribution in [0.4, 0.5) is 0 Å². The maximum Gasteiger partial charge on any atom is 0.242 e. The quantitative estimate of drug-likeness (QED) is 0.820. The van der Waals surface area contributed by atoms with Crippen LogP contribution in [0.25, 0.3) is 0 Å². The van der Waals surface area contributed by atoms with Crippen LogP contribution in [0.5, 0.6) is 0 Å². The van der Waals surface area contributed by atoms with Gasteiger partial charge < -0.3 is 10.8 Å². The Morgan fingerprint density at radius 2 is 2.05 bits per heavy atom. The lowest BCUT2D eigenvalue weighted by Crippen LogP contribution is -2.33. The Morgan fingerprint density at radius 3 is 2.58 bits per heavy atom. The average molecular weight is 286 g/mol. The zero-order chi connectivity index (χ0) is 14.6. The van der Waals surface area contributed by atoms with Gasteiger partial charge in [0.05, 0.1) is 11.0 Å². The van der Waals surface area contributed by atoms with Crippen molar-refractivity contribution in [3.8, 4) is 0 Å². The monoisotopic (exact) mass is 286 g/mol. The lowest BCUT2D eigenvalue weighted by molar-refractivity contribution is 0.171. The van der Waals surface area contributed by atoms with E-state index >= 15 is 0 Å². The van der Waals surface area contributed by atoms with Gasteiger partial charge >= 0.3 is 0 Å². The van der Waals surface area contributed by atoms with Crippen molar-refractivity contribution < 1.29 is 13.5 Å². The van der Waals surface area contributed by atoms with Crippen molar-refractivity contribution in [1.29, 1.82) is 0 Å². The second kappa shape index (κ2) is 6.47. The molecule has 108 valence electrons. The molecule has 0 heterocycles. The zero-order valence-corrected chi connectivity index (χ0v) is 12.4. The Bertz CT molecular complexity index is 514. The summed E-state index contributed by atoms with van der Waals surface area (Å²) >= 11 is 0. The van der Waals surface area contributed by atoms with Gasteiger partial charge in [-0.05, 0) is 31.0 Å². The van der Waals surface area contributed by atoms with Crippen LogP contribution in [0.15, 0.2) is 29.2 Å². The summed E-state index contributed by atoms with van der Waals surface area (Å²) in [4.78, 5) is 0.206. The van der Waals surface area contributed by atoms with Crippen molar-refractivity contribution >= 4 is 10.0 Å². The summed E-state index contributed by atoms with van der Waals surface area (Å²) in [5.41, 5.74) is 6.71. The number of hydrogen-bond acceptors (Lipinski definition) is 4. The molecule has 2 unspecified atom stereocenters. The highest BCUT2D eigenvalue weighted by Gasteiger charge is 2.22. The summed E-state index contributed by atoms with van der Waals surface area (Å²) < 4.78 is 25.8. The summed E-state index contributed by atoms with van der Waals surface area (Å²) in [6.45, 7) is 3.56. The van der Waals surface area contributed by atoms with Gasteiger partial charge in [-0.15, -0.1) is 0 Å². The normalized spacial score (nSPS) is 15.5. The molecule has 1 aromatic rings. The van der Waals surface area contributed by atoms with Crippen LogP contribution in [0.1, 0.15) is 31.9 Å². The van der Waals surface area contributed by atoms with Crippen LogP contribution in [0, 0.1) is 0 Å². The van der Waals surface area contributed by atoms with Crippen LogP contribution in [0.3, 0.4) is 0 Å². The Balaban J connectivity index is 3.08. The van der Waals surface area contributed by atoms with Crippen molar-refractivity contribution in [2.24, 2.45) is 5.73 Å². The molecule has 1 rings (SSSR count). The number of rotatable bonds is 6. The lowest BCUT2D eigenvalue weighted by Gasteiger charge is -2.19. The van der Waals surface area contributed by atoms with Gasteiger partial charge in [-0.3, -0.25) is 0 Å². The molecule has 5 nitrogen and oxygen atoms in total. The molecule has 6 heteroatoms. The third kappa shape index (κ3) is 4.01. The van der Waals surface area contributed by atoms with E-state index in [0.717, 1.165) is 16.3 Å². The van der Waals surface area contributed by atoms with Gasteiger partial charge in [0.2, 0.25) is 10.0 Å². The van der Waals surface area contributed by atoms with Crippen molar-refractivity contribution in [2.75, 3.05) is 13.6 Å². The molecule has 3 N–H and O–H groups in total. The van der Waals surface area contributed by atoms with Crippen LogP contribution < -0.4 is 5.73 Å². The largest absolute Gasteiger partial charge is 0.392 e. The van der Waals surface area contributed by atoms with Gasteiger partial charge in [0.25, 0.3) is 0 Å². The van der Waals surface area contributed by atoms with Crippen molar-refractivity contribution in [3.63, 3.8) is 0 Å². The molecule has 0 aliphatic heterocycles. The number of benzene rings is 1. The Kier molecular flexibility index (Phi) is 5.49. The predicted octanol–water partition coefficient (Wildman–Crippen LogP) is 1.10. The minimum absolute atomic E-state index is 0.0619. The van der Waals surface area contributed by atoms with E-state index in [1.54, 1.807) is 25.1 Å². The first-order chi connectivity index (χ1) is 8.78. The molecule has 2 atom stereocenters. The summed E-state index contributed by atoms with van der Waals surface area (Å²) in [6.07, 6.45) is 0.0355. The maximum atomic E-state index is 12.3. The smallest absolute Gasteiger partial charge is 0.242 e. The van der Waals surface area contributed by atoms with Crippen molar-refractivity contribution in [3.05, 3.63) is 29.8 Å². The number of aliphatic hydroxyl groups is 1. The first-order valence-electron chi connectivity index (χ1n) is 6.29. The molecule has 0 aliphatic carbocycles. The van der Waals surface area contributed by atoms with Gasteiger partial charge in [0, 0.05) is 19.6 Å². The van der Waals surface area contributed by atoms with E-state index in [0.29, 0.717) is 0 Å². The van der Waals surface area contributed by atoms with E-state index in [4.69, 9.17) is 5.73 Å². The second-order valence-electron chi connectivity index (χ2n) is 4.72. The molecular weight excluding hydrogens is 264 g/mol. The highest BCUT2D eigenvalue weighted by atomic mass is 32.2. The van der Waals surface area contributed by atoms with Gasteiger partial charge in [0.15, 0.2) is 0 Å². The molecule has 19 heavy (non-hydrogen) atoms. The van der Waals surface area contributed by atoms with E-state index < -0.39 is 16.1 Å². The molecule has 0 aliphatic rings. The summed E-state index contributed by atoms with van der Waals surface area (Å²) in [6, 6.07) is 6.48. The Morgan fingerprint density at radius 1 is 1.42 bits per heavy atom. The second-order valence-corrected chi connectivity index (χ2v) is 6.77. The van der Waals surface area contributed by atoms with E-state index in [-0.39, 0.29) is 17.5 Å². The Labute approximate surface area is 115 Å². The first-order valence-corrected chi connectivity index (χ1v) is 7.73.